The van der Waals surface area contributed by atoms with E-state index in [1.807, 2.05) is 30.3 Å². The monoisotopic (exact) mass is 420 g/mol. The smallest absolute Gasteiger partial charge is 0.205 e. The zero-order valence-electron chi connectivity index (χ0n) is 11.4. The Morgan fingerprint density at radius 3 is 2.36 bits per heavy atom. The maximum Gasteiger partial charge on any atom is 0.205 e. The zero-order chi connectivity index (χ0) is 15.7. The minimum atomic E-state index is -0.849. The van der Waals surface area contributed by atoms with Crippen LogP contribution < -0.4 is 0 Å². The van der Waals surface area contributed by atoms with Crippen LogP contribution >= 0.6 is 50.7 Å². The highest BCUT2D eigenvalue weighted by Crippen LogP contribution is 2.43. The first-order chi connectivity index (χ1) is 10.5. The molecule has 1 aliphatic rings. The van der Waals surface area contributed by atoms with Gasteiger partial charge in [0.1, 0.15) is 6.10 Å². The van der Waals surface area contributed by atoms with Gasteiger partial charge in [0.25, 0.3) is 0 Å². The molecule has 0 N–H and O–H groups in total. The fourth-order valence-electron chi connectivity index (χ4n) is 2.43. The Kier molecular flexibility index (Phi) is 5.03. The van der Waals surface area contributed by atoms with Gasteiger partial charge in [0.15, 0.2) is 0 Å². The van der Waals surface area contributed by atoms with Crippen molar-refractivity contribution in [3.8, 4) is 0 Å². The van der Waals surface area contributed by atoms with E-state index in [2.05, 4.69) is 15.9 Å². The third kappa shape index (κ3) is 3.16. The van der Waals surface area contributed by atoms with Crippen LogP contribution in [0.2, 0.25) is 15.1 Å². The summed E-state index contributed by atoms with van der Waals surface area (Å²) < 4.78 is 12.2. The molecule has 1 aliphatic heterocycles. The van der Waals surface area contributed by atoms with Crippen molar-refractivity contribution in [3.05, 3.63) is 68.7 Å². The Bertz CT molecular complexity index is 678. The van der Waals surface area contributed by atoms with Crippen molar-refractivity contribution in [3.63, 3.8) is 0 Å². The molecule has 0 radical (unpaired) electrons. The second-order valence-corrected chi connectivity index (χ2v) is 6.82. The van der Waals surface area contributed by atoms with E-state index in [0.717, 1.165) is 11.1 Å². The summed E-state index contributed by atoms with van der Waals surface area (Å²) in [6, 6.07) is 12.8. The van der Waals surface area contributed by atoms with Crippen LogP contribution in [0.5, 0.6) is 0 Å². The van der Waals surface area contributed by atoms with Crippen LogP contribution in [0.15, 0.2) is 42.5 Å². The summed E-state index contributed by atoms with van der Waals surface area (Å²) in [5.41, 5.74) is 1.77. The van der Waals surface area contributed by atoms with Crippen molar-refractivity contribution in [2.75, 3.05) is 11.9 Å². The van der Waals surface area contributed by atoms with Crippen molar-refractivity contribution in [1.29, 1.82) is 0 Å². The Morgan fingerprint density at radius 2 is 1.73 bits per heavy atom. The molecule has 0 saturated carbocycles. The largest absolute Gasteiger partial charge is 0.342 e. The molecular formula is C16H12BrCl3O2. The summed E-state index contributed by atoms with van der Waals surface area (Å²) in [7, 11) is 0. The summed E-state index contributed by atoms with van der Waals surface area (Å²) in [4.78, 5) is 0. The van der Waals surface area contributed by atoms with Gasteiger partial charge in [-0.1, -0.05) is 68.9 Å². The molecule has 3 rings (SSSR count). The van der Waals surface area contributed by atoms with E-state index in [1.165, 1.54) is 0 Å². The Hall–Kier alpha value is -0.290. The average Bonchev–Trinajstić information content (AvgIpc) is 2.93. The number of rotatable bonds is 3. The van der Waals surface area contributed by atoms with Crippen LogP contribution in [0, 0.1) is 0 Å². The first-order valence-corrected chi connectivity index (χ1v) is 8.88. The van der Waals surface area contributed by atoms with Gasteiger partial charge in [0.05, 0.1) is 11.9 Å². The highest BCUT2D eigenvalue weighted by Gasteiger charge is 2.43. The van der Waals surface area contributed by atoms with E-state index in [4.69, 9.17) is 44.3 Å². The molecule has 0 aromatic heterocycles. The number of alkyl halides is 1. The Morgan fingerprint density at radius 1 is 1.05 bits per heavy atom. The van der Waals surface area contributed by atoms with Gasteiger partial charge < -0.3 is 9.47 Å². The van der Waals surface area contributed by atoms with Crippen LogP contribution in [0.3, 0.4) is 0 Å². The van der Waals surface area contributed by atoms with Crippen LogP contribution in [-0.2, 0) is 15.3 Å². The molecule has 22 heavy (non-hydrogen) atoms. The minimum Gasteiger partial charge on any atom is -0.342 e. The molecule has 0 amide bonds. The highest BCUT2D eigenvalue weighted by atomic mass is 79.9. The maximum absolute atomic E-state index is 6.26. The number of hydrogen-bond acceptors (Lipinski definition) is 2. The van der Waals surface area contributed by atoms with Crippen molar-refractivity contribution in [1.82, 2.24) is 0 Å². The van der Waals surface area contributed by atoms with Crippen molar-refractivity contribution >= 4 is 50.7 Å². The van der Waals surface area contributed by atoms with Crippen LogP contribution in [0.4, 0.5) is 0 Å². The first kappa shape index (κ1) is 16.6. The van der Waals surface area contributed by atoms with Crippen LogP contribution in [-0.4, -0.2) is 11.9 Å². The molecule has 1 heterocycles. The average molecular weight is 423 g/mol. The summed E-state index contributed by atoms with van der Waals surface area (Å²) >= 11 is 21.6. The third-order valence-electron chi connectivity index (χ3n) is 3.57. The molecule has 1 saturated heterocycles. The predicted molar refractivity (Wildman–Crippen MR) is 93.2 cm³/mol. The van der Waals surface area contributed by atoms with Gasteiger partial charge in [0.2, 0.25) is 5.79 Å². The number of ether oxygens (including phenoxy) is 2. The fourth-order valence-corrected chi connectivity index (χ4v) is 3.70. The predicted octanol–water partition coefficient (Wildman–Crippen LogP) is 5.98. The summed E-state index contributed by atoms with van der Waals surface area (Å²) in [6.45, 7) is 0.412. The molecule has 6 heteroatoms. The molecule has 2 nitrogen and oxygen atoms in total. The standard InChI is InChI=1S/C16H12BrCl3O2/c17-9-16(10-1-3-11(18)4-2-10)21-8-15(22-16)13-6-5-12(19)7-14(13)20/h1-7,15H,8-9H2/t15-,16-/m0/s1. The van der Waals surface area contributed by atoms with Crippen LogP contribution in [0.1, 0.15) is 17.2 Å². The summed E-state index contributed by atoms with van der Waals surface area (Å²) in [5, 5.41) is 2.34. The van der Waals surface area contributed by atoms with Gasteiger partial charge >= 0.3 is 0 Å². The van der Waals surface area contributed by atoms with Crippen LogP contribution in [0.25, 0.3) is 0 Å². The normalized spacial score (nSPS) is 24.6. The topological polar surface area (TPSA) is 18.5 Å². The van der Waals surface area contributed by atoms with E-state index in [-0.39, 0.29) is 6.10 Å². The Balaban J connectivity index is 1.89. The molecule has 0 aliphatic carbocycles. The minimum absolute atomic E-state index is 0.252. The quantitative estimate of drug-likeness (QED) is 0.566. The van der Waals surface area contributed by atoms with E-state index < -0.39 is 5.79 Å². The number of hydrogen-bond donors (Lipinski definition) is 0. The highest BCUT2D eigenvalue weighted by molar-refractivity contribution is 9.09. The second kappa shape index (κ2) is 6.68. The van der Waals surface area contributed by atoms with Gasteiger partial charge in [0, 0.05) is 26.2 Å². The number of halogens is 4. The second-order valence-electron chi connectivity index (χ2n) is 4.98. The number of benzene rings is 2. The van der Waals surface area contributed by atoms with E-state index >= 15 is 0 Å². The molecule has 0 unspecified atom stereocenters. The molecule has 2 aromatic carbocycles. The van der Waals surface area contributed by atoms with Crippen molar-refractivity contribution < 1.29 is 9.47 Å². The van der Waals surface area contributed by atoms with E-state index in [1.54, 1.807) is 12.1 Å². The SMILES string of the molecule is Clc1ccc([C@@]2(CBr)OC[C@@H](c3ccc(Cl)cc3Cl)O2)cc1. The third-order valence-corrected chi connectivity index (χ3v) is 5.12. The Labute approximate surface area is 152 Å². The van der Waals surface area contributed by atoms with E-state index in [9.17, 15) is 0 Å². The lowest BCUT2D eigenvalue weighted by Gasteiger charge is -2.26. The van der Waals surface area contributed by atoms with Crippen molar-refractivity contribution in [2.45, 2.75) is 11.9 Å². The maximum atomic E-state index is 6.26. The molecule has 2 atom stereocenters. The lowest BCUT2D eigenvalue weighted by Crippen LogP contribution is -2.29. The van der Waals surface area contributed by atoms with Gasteiger partial charge in [-0.05, 0) is 24.3 Å². The fraction of sp³-hybridized carbons (Fsp3) is 0.250. The van der Waals surface area contributed by atoms with Gasteiger partial charge in [-0.3, -0.25) is 0 Å². The lowest BCUT2D eigenvalue weighted by molar-refractivity contribution is -0.157. The molecule has 1 fully saturated rings. The lowest BCUT2D eigenvalue weighted by atomic mass is 10.1. The van der Waals surface area contributed by atoms with Gasteiger partial charge in [-0.2, -0.15) is 0 Å². The molecule has 2 aromatic rings. The van der Waals surface area contributed by atoms with E-state index in [0.29, 0.717) is 27.0 Å². The van der Waals surface area contributed by atoms with Gasteiger partial charge in [-0.25, -0.2) is 0 Å². The molecular weight excluding hydrogens is 410 g/mol. The van der Waals surface area contributed by atoms with Crippen molar-refractivity contribution in [2.24, 2.45) is 0 Å². The summed E-state index contributed by atoms with van der Waals surface area (Å²) in [5.74, 6) is -0.849. The van der Waals surface area contributed by atoms with Gasteiger partial charge in [-0.15, -0.1) is 0 Å². The summed E-state index contributed by atoms with van der Waals surface area (Å²) in [6.07, 6.45) is -0.252. The molecule has 116 valence electrons. The molecule has 0 bridgehead atoms. The zero-order valence-corrected chi connectivity index (χ0v) is 15.2. The first-order valence-electron chi connectivity index (χ1n) is 6.63. The molecule has 0 spiro atoms.